The van der Waals surface area contributed by atoms with Gasteiger partial charge >= 0.3 is 17.8 Å². The van der Waals surface area contributed by atoms with Crippen molar-refractivity contribution >= 4 is 33.6 Å². The smallest absolute Gasteiger partial charge is 0.335 e. The first-order valence-electron chi connectivity index (χ1n) is 8.33. The molecule has 5 amide bonds. The lowest BCUT2D eigenvalue weighted by Crippen LogP contribution is -2.51. The summed E-state index contributed by atoms with van der Waals surface area (Å²) < 4.78 is 23.2. The van der Waals surface area contributed by atoms with E-state index >= 15 is 0 Å². The summed E-state index contributed by atoms with van der Waals surface area (Å²) in [6.07, 6.45) is 0.252. The summed E-state index contributed by atoms with van der Waals surface area (Å²) in [6.45, 7) is 0.887. The largest absolute Gasteiger partial charge is 0.348 e. The summed E-state index contributed by atoms with van der Waals surface area (Å²) in [5, 5.41) is 2.56. The Bertz CT molecular complexity index is 914. The Hall–Kier alpha value is -2.75. The van der Waals surface area contributed by atoms with Gasteiger partial charge in [0, 0.05) is 0 Å². The number of benzene rings is 1. The van der Waals surface area contributed by atoms with Gasteiger partial charge in [0.05, 0.1) is 23.6 Å². The number of hydrogen-bond acceptors (Lipinski definition) is 6. The summed E-state index contributed by atoms with van der Waals surface area (Å²) in [7, 11) is -3.23. The van der Waals surface area contributed by atoms with Crippen molar-refractivity contribution in [3.8, 4) is 0 Å². The topological polar surface area (TPSA) is 121 Å². The first kappa shape index (κ1) is 19.0. The summed E-state index contributed by atoms with van der Waals surface area (Å²) >= 11 is 0. The van der Waals surface area contributed by atoms with Crippen molar-refractivity contribution < 1.29 is 27.6 Å². The van der Waals surface area contributed by atoms with Crippen molar-refractivity contribution in [2.75, 3.05) is 18.1 Å². The molecular formula is C17H19N3O6S. The van der Waals surface area contributed by atoms with Gasteiger partial charge < -0.3 is 5.32 Å². The molecule has 0 aliphatic carbocycles. The fourth-order valence-electron chi connectivity index (χ4n) is 3.22. The predicted molar refractivity (Wildman–Crippen MR) is 93.9 cm³/mol. The van der Waals surface area contributed by atoms with Crippen molar-refractivity contribution in [2.45, 2.75) is 25.4 Å². The predicted octanol–water partition coefficient (Wildman–Crippen LogP) is -0.329. The van der Waals surface area contributed by atoms with Gasteiger partial charge in [-0.05, 0) is 18.9 Å². The Balaban J connectivity index is 1.66. The molecule has 1 N–H and O–H groups in total. The number of rotatable bonds is 5. The summed E-state index contributed by atoms with van der Waals surface area (Å²) in [4.78, 5) is 50.3. The van der Waals surface area contributed by atoms with Gasteiger partial charge in [0.2, 0.25) is 5.91 Å². The fourth-order valence-corrected chi connectivity index (χ4v) is 5.32. The van der Waals surface area contributed by atoms with Gasteiger partial charge in [0.15, 0.2) is 9.84 Å². The maximum atomic E-state index is 12.4. The lowest BCUT2D eigenvalue weighted by molar-refractivity contribution is -0.144. The number of amides is 5. The molecule has 1 atom stereocenters. The molecule has 0 bridgehead atoms. The Kier molecular flexibility index (Phi) is 4.77. The van der Waals surface area contributed by atoms with Crippen LogP contribution in [0.2, 0.25) is 0 Å². The molecule has 1 aromatic rings. The lowest BCUT2D eigenvalue weighted by Gasteiger charge is -2.25. The first-order chi connectivity index (χ1) is 12.6. The van der Waals surface area contributed by atoms with E-state index in [2.05, 4.69) is 5.32 Å². The number of hydrogen-bond donors (Lipinski definition) is 1. The second-order valence-corrected chi connectivity index (χ2v) is 9.19. The van der Waals surface area contributed by atoms with E-state index in [4.69, 9.17) is 0 Å². The van der Waals surface area contributed by atoms with E-state index in [9.17, 15) is 27.6 Å². The zero-order chi connectivity index (χ0) is 19.8. The van der Waals surface area contributed by atoms with Crippen LogP contribution in [0.5, 0.6) is 0 Å². The zero-order valence-electron chi connectivity index (χ0n) is 14.7. The van der Waals surface area contributed by atoms with Gasteiger partial charge in [0.1, 0.15) is 6.54 Å². The Labute approximate surface area is 156 Å². The molecule has 144 valence electrons. The number of nitrogens with one attached hydrogen (secondary N) is 1. The maximum absolute atomic E-state index is 12.4. The maximum Gasteiger partial charge on any atom is 0.335 e. The minimum atomic E-state index is -3.23. The molecule has 0 aromatic heterocycles. The van der Waals surface area contributed by atoms with Crippen molar-refractivity contribution in [1.82, 2.24) is 15.1 Å². The van der Waals surface area contributed by atoms with Gasteiger partial charge in [0.25, 0.3) is 0 Å². The summed E-state index contributed by atoms with van der Waals surface area (Å²) in [6, 6.07) is 7.81. The Morgan fingerprint density at radius 2 is 1.74 bits per heavy atom. The highest BCUT2D eigenvalue weighted by molar-refractivity contribution is 7.91. The number of imide groups is 2. The third kappa shape index (κ3) is 4.00. The van der Waals surface area contributed by atoms with Crippen LogP contribution in [0.15, 0.2) is 30.3 Å². The van der Waals surface area contributed by atoms with E-state index in [1.807, 2.05) is 0 Å². The van der Waals surface area contributed by atoms with Gasteiger partial charge in [-0.2, -0.15) is 0 Å². The number of nitrogens with zero attached hydrogens (tertiary/aromatic N) is 2. The number of carbonyl (C=O) groups is 4. The lowest BCUT2D eigenvalue weighted by atomic mass is 10.0. The molecule has 2 aliphatic rings. The number of carbonyl (C=O) groups excluding carboxylic acids is 4. The van der Waals surface area contributed by atoms with Crippen molar-refractivity contribution in [3.05, 3.63) is 35.9 Å². The average Bonchev–Trinajstić information content (AvgIpc) is 2.98. The SMILES string of the molecule is C[C@@]1(NC(=O)CN2C(=O)C(=O)N(Cc3ccccc3)C2=O)CCS(=O)(=O)C1. The van der Waals surface area contributed by atoms with E-state index < -0.39 is 45.7 Å². The van der Waals surface area contributed by atoms with Crippen LogP contribution in [0.25, 0.3) is 0 Å². The highest BCUT2D eigenvalue weighted by atomic mass is 32.2. The normalized spacial score (nSPS) is 24.6. The minimum absolute atomic E-state index is 0.0330. The minimum Gasteiger partial charge on any atom is -0.348 e. The standard InChI is InChI=1S/C17H19N3O6S/c1-17(7-8-27(25,26)11-17)18-13(21)10-20-15(23)14(22)19(16(20)24)9-12-5-3-2-4-6-12/h2-6H,7-11H2,1H3,(H,18,21)/t17-/m1/s1. The quantitative estimate of drug-likeness (QED) is 0.540. The van der Waals surface area contributed by atoms with Crippen molar-refractivity contribution in [3.63, 3.8) is 0 Å². The van der Waals surface area contributed by atoms with Crippen LogP contribution in [-0.4, -0.2) is 65.6 Å². The molecular weight excluding hydrogens is 374 g/mol. The number of urea groups is 1. The summed E-state index contributed by atoms with van der Waals surface area (Å²) in [5.74, 6) is -2.99. The molecule has 0 saturated carbocycles. The Morgan fingerprint density at radius 1 is 1.11 bits per heavy atom. The highest BCUT2D eigenvalue weighted by Gasteiger charge is 2.46. The molecule has 10 heteroatoms. The first-order valence-corrected chi connectivity index (χ1v) is 10.2. The molecule has 0 radical (unpaired) electrons. The van der Waals surface area contributed by atoms with Gasteiger partial charge in [-0.15, -0.1) is 0 Å². The molecule has 1 aromatic carbocycles. The van der Waals surface area contributed by atoms with E-state index in [0.717, 1.165) is 4.90 Å². The van der Waals surface area contributed by atoms with Crippen LogP contribution in [0, 0.1) is 0 Å². The van der Waals surface area contributed by atoms with Crippen LogP contribution < -0.4 is 5.32 Å². The molecule has 0 spiro atoms. The van der Waals surface area contributed by atoms with Gasteiger partial charge in [-0.3, -0.25) is 19.3 Å². The second-order valence-electron chi connectivity index (χ2n) is 7.00. The van der Waals surface area contributed by atoms with Crippen molar-refractivity contribution in [1.29, 1.82) is 0 Å². The fraction of sp³-hybridized carbons (Fsp3) is 0.412. The second kappa shape index (κ2) is 6.76. The monoisotopic (exact) mass is 393 g/mol. The van der Waals surface area contributed by atoms with Crippen LogP contribution in [0.1, 0.15) is 18.9 Å². The molecule has 0 unspecified atom stereocenters. The highest BCUT2D eigenvalue weighted by Crippen LogP contribution is 2.23. The molecule has 27 heavy (non-hydrogen) atoms. The molecule has 2 aliphatic heterocycles. The molecule has 9 nitrogen and oxygen atoms in total. The van der Waals surface area contributed by atoms with Crippen LogP contribution in [0.4, 0.5) is 4.79 Å². The average molecular weight is 393 g/mol. The van der Waals surface area contributed by atoms with Crippen LogP contribution >= 0.6 is 0 Å². The van der Waals surface area contributed by atoms with E-state index in [0.29, 0.717) is 10.5 Å². The van der Waals surface area contributed by atoms with E-state index in [1.165, 1.54) is 0 Å². The third-order valence-corrected chi connectivity index (χ3v) is 6.47. The molecule has 2 fully saturated rings. The molecule has 3 rings (SSSR count). The van der Waals surface area contributed by atoms with E-state index in [1.54, 1.807) is 37.3 Å². The van der Waals surface area contributed by atoms with Gasteiger partial charge in [-0.25, -0.2) is 18.1 Å². The summed E-state index contributed by atoms with van der Waals surface area (Å²) in [5.41, 5.74) is -0.280. The van der Waals surface area contributed by atoms with Crippen LogP contribution in [-0.2, 0) is 30.8 Å². The number of sulfone groups is 1. The van der Waals surface area contributed by atoms with Crippen molar-refractivity contribution in [2.24, 2.45) is 0 Å². The zero-order valence-corrected chi connectivity index (χ0v) is 15.5. The molecule has 2 saturated heterocycles. The van der Waals surface area contributed by atoms with E-state index in [-0.39, 0.29) is 24.5 Å². The third-order valence-electron chi connectivity index (χ3n) is 4.56. The Morgan fingerprint density at radius 3 is 2.33 bits per heavy atom. The van der Waals surface area contributed by atoms with Gasteiger partial charge in [-0.1, -0.05) is 30.3 Å². The van der Waals surface area contributed by atoms with Crippen LogP contribution in [0.3, 0.4) is 0 Å². The molecule has 2 heterocycles.